The second kappa shape index (κ2) is 3.30. The predicted molar refractivity (Wildman–Crippen MR) is 62.8 cm³/mol. The molecular weight excluding hydrogens is 202 g/mol. The van der Waals surface area contributed by atoms with E-state index in [-0.39, 0.29) is 5.95 Å². The summed E-state index contributed by atoms with van der Waals surface area (Å²) in [5.41, 5.74) is 14.4. The summed E-state index contributed by atoms with van der Waals surface area (Å²) in [5.74, 6) is 0.608. The number of pyridine rings is 1. The van der Waals surface area contributed by atoms with Crippen molar-refractivity contribution in [3.05, 3.63) is 17.3 Å². The molecule has 2 heterocycles. The molecule has 0 fully saturated rings. The average molecular weight is 215 g/mol. The van der Waals surface area contributed by atoms with Crippen LogP contribution in [0.3, 0.4) is 0 Å². The van der Waals surface area contributed by atoms with Crippen molar-refractivity contribution in [1.82, 2.24) is 15.0 Å². The number of nitrogen functional groups attached to an aromatic ring is 2. The van der Waals surface area contributed by atoms with Crippen molar-refractivity contribution < 1.29 is 0 Å². The van der Waals surface area contributed by atoms with E-state index in [0.29, 0.717) is 11.5 Å². The van der Waals surface area contributed by atoms with Crippen LogP contribution >= 0.6 is 0 Å². The fraction of sp³-hybridized carbons (Fsp3) is 0.364. The number of anilines is 2. The van der Waals surface area contributed by atoms with Crippen LogP contribution in [0.1, 0.15) is 24.1 Å². The Morgan fingerprint density at radius 3 is 2.69 bits per heavy atom. The Morgan fingerprint density at radius 1 is 1.00 bits per heavy atom. The zero-order chi connectivity index (χ0) is 11.1. The summed E-state index contributed by atoms with van der Waals surface area (Å²) in [6.45, 7) is 0. The molecule has 5 heteroatoms. The van der Waals surface area contributed by atoms with Crippen LogP contribution in [0.25, 0.3) is 11.0 Å². The van der Waals surface area contributed by atoms with Crippen molar-refractivity contribution in [3.63, 3.8) is 0 Å². The lowest BCUT2D eigenvalue weighted by atomic mass is 9.95. The molecule has 4 N–H and O–H groups in total. The third-order valence-electron chi connectivity index (χ3n) is 3.01. The van der Waals surface area contributed by atoms with Crippen LogP contribution in [0.4, 0.5) is 11.8 Å². The van der Waals surface area contributed by atoms with E-state index >= 15 is 0 Å². The number of hydrogen-bond donors (Lipinski definition) is 2. The predicted octanol–water partition coefficient (Wildman–Crippen LogP) is 1.07. The van der Waals surface area contributed by atoms with E-state index in [1.54, 1.807) is 0 Å². The molecule has 1 aliphatic rings. The van der Waals surface area contributed by atoms with Crippen molar-refractivity contribution in [2.24, 2.45) is 0 Å². The van der Waals surface area contributed by atoms with Crippen molar-refractivity contribution in [2.75, 3.05) is 11.5 Å². The average Bonchev–Trinajstić information content (AvgIpc) is 2.27. The van der Waals surface area contributed by atoms with Gasteiger partial charge in [-0.15, -0.1) is 0 Å². The Labute approximate surface area is 92.9 Å². The molecule has 1 aliphatic carbocycles. The van der Waals surface area contributed by atoms with Gasteiger partial charge in [-0.2, -0.15) is 9.97 Å². The maximum Gasteiger partial charge on any atom is 0.224 e. The first kappa shape index (κ1) is 9.33. The van der Waals surface area contributed by atoms with E-state index in [0.717, 1.165) is 23.9 Å². The minimum absolute atomic E-state index is 0.188. The number of hydrogen-bond acceptors (Lipinski definition) is 5. The number of nitrogens with zero attached hydrogens (tertiary/aromatic N) is 3. The molecule has 5 nitrogen and oxygen atoms in total. The van der Waals surface area contributed by atoms with E-state index in [1.165, 1.54) is 18.4 Å². The second-order valence-corrected chi connectivity index (χ2v) is 4.14. The molecule has 0 radical (unpaired) electrons. The first-order valence-electron chi connectivity index (χ1n) is 5.45. The summed E-state index contributed by atoms with van der Waals surface area (Å²) >= 11 is 0. The minimum atomic E-state index is 0.188. The quantitative estimate of drug-likeness (QED) is 0.686. The van der Waals surface area contributed by atoms with Crippen molar-refractivity contribution >= 4 is 22.8 Å². The molecule has 3 rings (SSSR count). The van der Waals surface area contributed by atoms with Gasteiger partial charge in [0, 0.05) is 5.69 Å². The lowest BCUT2D eigenvalue weighted by Crippen LogP contribution is -2.08. The Balaban J connectivity index is 2.31. The van der Waals surface area contributed by atoms with Crippen LogP contribution in [0.15, 0.2) is 6.07 Å². The lowest BCUT2D eigenvalue weighted by Gasteiger charge is -2.15. The lowest BCUT2D eigenvalue weighted by molar-refractivity contribution is 0.670. The van der Waals surface area contributed by atoms with E-state index in [2.05, 4.69) is 21.0 Å². The summed E-state index contributed by atoms with van der Waals surface area (Å²) in [6.07, 6.45) is 4.51. The number of aryl methyl sites for hydroxylation is 2. The van der Waals surface area contributed by atoms with E-state index in [9.17, 15) is 0 Å². The molecule has 82 valence electrons. The fourth-order valence-electron chi connectivity index (χ4n) is 2.21. The van der Waals surface area contributed by atoms with Crippen molar-refractivity contribution in [1.29, 1.82) is 0 Å². The molecular formula is C11H13N5. The molecule has 0 bridgehead atoms. The van der Waals surface area contributed by atoms with Gasteiger partial charge in [0.25, 0.3) is 0 Å². The summed E-state index contributed by atoms with van der Waals surface area (Å²) in [6, 6.07) is 2.06. The molecule has 0 aromatic carbocycles. The first-order valence-corrected chi connectivity index (χ1v) is 5.45. The second-order valence-electron chi connectivity index (χ2n) is 4.14. The Bertz CT molecular complexity index is 564. The normalized spacial score (nSPS) is 15.0. The Kier molecular flexibility index (Phi) is 1.92. The van der Waals surface area contributed by atoms with Gasteiger partial charge in [0.2, 0.25) is 5.95 Å². The van der Waals surface area contributed by atoms with E-state index < -0.39 is 0 Å². The van der Waals surface area contributed by atoms with Gasteiger partial charge in [-0.1, -0.05) is 0 Å². The van der Waals surface area contributed by atoms with Gasteiger partial charge in [0.05, 0.1) is 5.39 Å². The molecule has 0 unspecified atom stereocenters. The third kappa shape index (κ3) is 1.36. The smallest absolute Gasteiger partial charge is 0.224 e. The van der Waals surface area contributed by atoms with Gasteiger partial charge in [-0.05, 0) is 37.3 Å². The molecule has 16 heavy (non-hydrogen) atoms. The molecule has 0 saturated heterocycles. The Hall–Kier alpha value is -1.91. The van der Waals surface area contributed by atoms with Gasteiger partial charge in [-0.25, -0.2) is 4.98 Å². The molecule has 0 atom stereocenters. The summed E-state index contributed by atoms with van der Waals surface area (Å²) < 4.78 is 0. The number of nitrogens with two attached hydrogens (primary N) is 2. The molecule has 2 aromatic rings. The number of fused-ring (bicyclic) bond motifs is 2. The summed E-state index contributed by atoms with van der Waals surface area (Å²) in [5, 5.41) is 0.815. The molecule has 2 aromatic heterocycles. The fourth-order valence-corrected chi connectivity index (χ4v) is 2.21. The highest BCUT2D eigenvalue weighted by Crippen LogP contribution is 2.25. The van der Waals surface area contributed by atoms with E-state index in [4.69, 9.17) is 11.5 Å². The number of aromatic nitrogens is 3. The molecule has 0 aliphatic heterocycles. The standard InChI is InChI=1S/C11H13N5/c12-9-7-5-6-3-1-2-4-8(6)14-10(7)16-11(13)15-9/h5H,1-4H2,(H4,12,13,14,15,16). The Morgan fingerprint density at radius 2 is 1.81 bits per heavy atom. The third-order valence-corrected chi connectivity index (χ3v) is 3.01. The van der Waals surface area contributed by atoms with Gasteiger partial charge in [0.15, 0.2) is 5.65 Å². The van der Waals surface area contributed by atoms with Gasteiger partial charge in [-0.3, -0.25) is 0 Å². The highest BCUT2D eigenvalue weighted by Gasteiger charge is 2.14. The highest BCUT2D eigenvalue weighted by molar-refractivity contribution is 5.86. The van der Waals surface area contributed by atoms with Crippen molar-refractivity contribution in [2.45, 2.75) is 25.7 Å². The van der Waals surface area contributed by atoms with Gasteiger partial charge >= 0.3 is 0 Å². The first-order chi connectivity index (χ1) is 7.74. The van der Waals surface area contributed by atoms with E-state index in [1.807, 2.05) is 0 Å². The zero-order valence-corrected chi connectivity index (χ0v) is 8.90. The SMILES string of the molecule is Nc1nc(N)c2cc3c(nc2n1)CCCC3. The maximum atomic E-state index is 5.82. The molecule has 0 amide bonds. The summed E-state index contributed by atoms with van der Waals surface area (Å²) in [7, 11) is 0. The zero-order valence-electron chi connectivity index (χ0n) is 8.90. The van der Waals surface area contributed by atoms with Gasteiger partial charge in [0.1, 0.15) is 5.82 Å². The largest absolute Gasteiger partial charge is 0.383 e. The summed E-state index contributed by atoms with van der Waals surface area (Å²) in [4.78, 5) is 12.6. The minimum Gasteiger partial charge on any atom is -0.383 e. The highest BCUT2D eigenvalue weighted by atomic mass is 15.1. The molecule has 0 spiro atoms. The van der Waals surface area contributed by atoms with Crippen molar-refractivity contribution in [3.8, 4) is 0 Å². The van der Waals surface area contributed by atoms with Crippen LogP contribution in [-0.2, 0) is 12.8 Å². The number of rotatable bonds is 0. The topological polar surface area (TPSA) is 90.7 Å². The van der Waals surface area contributed by atoms with Crippen LogP contribution < -0.4 is 11.5 Å². The maximum absolute atomic E-state index is 5.82. The van der Waals surface area contributed by atoms with Crippen LogP contribution in [0.2, 0.25) is 0 Å². The van der Waals surface area contributed by atoms with Gasteiger partial charge < -0.3 is 11.5 Å². The van der Waals surface area contributed by atoms with Crippen LogP contribution in [-0.4, -0.2) is 15.0 Å². The monoisotopic (exact) mass is 215 g/mol. The van der Waals surface area contributed by atoms with Crippen LogP contribution in [0, 0.1) is 0 Å². The van der Waals surface area contributed by atoms with Crippen LogP contribution in [0.5, 0.6) is 0 Å². The molecule has 0 saturated carbocycles.